The van der Waals surface area contributed by atoms with Crippen LogP contribution in [0.2, 0.25) is 0 Å². The molecule has 1 N–H and O–H groups in total. The summed E-state index contributed by atoms with van der Waals surface area (Å²) in [5.74, 6) is -2.91. The van der Waals surface area contributed by atoms with Crippen molar-refractivity contribution in [3.8, 4) is 0 Å². The number of carbonyl (C=O) groups is 1. The first kappa shape index (κ1) is 23.2. The molecule has 2 aliphatic heterocycles. The van der Waals surface area contributed by atoms with Crippen LogP contribution in [0.1, 0.15) is 47.1 Å². The Hall–Kier alpha value is -2.52. The van der Waals surface area contributed by atoms with Crippen molar-refractivity contribution in [1.82, 2.24) is 10.2 Å². The van der Waals surface area contributed by atoms with Gasteiger partial charge in [0.25, 0.3) is 0 Å². The summed E-state index contributed by atoms with van der Waals surface area (Å²) < 4.78 is 74.0. The van der Waals surface area contributed by atoms with E-state index >= 15 is 0 Å². The molecule has 0 aromatic heterocycles. The number of carbonyl (C=O) groups excluding carboxylic acids is 1. The molecule has 1 saturated carbocycles. The van der Waals surface area contributed by atoms with Gasteiger partial charge in [-0.15, -0.1) is 0 Å². The minimum atomic E-state index is -4.48. The van der Waals surface area contributed by atoms with Crippen molar-refractivity contribution in [3.63, 3.8) is 0 Å². The average molecular weight is 480 g/mol. The van der Waals surface area contributed by atoms with E-state index in [0.717, 1.165) is 37.1 Å². The third-order valence-corrected chi connectivity index (χ3v) is 7.26. The Morgan fingerprint density at radius 2 is 1.91 bits per heavy atom. The third-order valence-electron chi connectivity index (χ3n) is 7.26. The van der Waals surface area contributed by atoms with Crippen LogP contribution < -0.4 is 5.32 Å². The molecule has 5 rings (SSSR count). The van der Waals surface area contributed by atoms with Gasteiger partial charge in [0.1, 0.15) is 5.60 Å². The lowest BCUT2D eigenvalue weighted by Crippen LogP contribution is -2.55. The Morgan fingerprint density at radius 3 is 2.62 bits per heavy atom. The number of benzene rings is 2. The molecular formula is C25H25F5N2O2. The van der Waals surface area contributed by atoms with Crippen LogP contribution in [-0.2, 0) is 34.5 Å². The number of alkyl halides is 3. The fourth-order valence-electron chi connectivity index (χ4n) is 5.20. The normalized spacial score (nSPS) is 24.4. The summed E-state index contributed by atoms with van der Waals surface area (Å²) in [5.41, 5.74) is 0.263. The number of amides is 1. The molecule has 3 aliphatic rings. The summed E-state index contributed by atoms with van der Waals surface area (Å²) in [4.78, 5) is 15.6. The minimum absolute atomic E-state index is 0.0521. The van der Waals surface area contributed by atoms with Crippen LogP contribution in [-0.4, -0.2) is 29.9 Å². The van der Waals surface area contributed by atoms with Gasteiger partial charge in [-0.25, -0.2) is 8.78 Å². The number of ether oxygens (including phenoxy) is 1. The van der Waals surface area contributed by atoms with Crippen molar-refractivity contribution in [2.75, 3.05) is 13.1 Å². The standard InChI is InChI=1S/C25H25F5N2O2/c1-14-2-3-17(25(28,29)30)8-15(14)12-32(18-4-5-18)23(33)20-11-31-7-6-24(20)19-10-22(27)21(26)9-16(19)13-34-24/h2-3,8-10,18,20,31H,4-7,11-13H2,1H3/t20-,24?/m1/s1. The fraction of sp³-hybridized carbons (Fsp3) is 0.480. The van der Waals surface area contributed by atoms with Gasteiger partial charge in [0.15, 0.2) is 11.6 Å². The van der Waals surface area contributed by atoms with Crippen LogP contribution in [0.3, 0.4) is 0 Å². The molecule has 34 heavy (non-hydrogen) atoms. The maximum absolute atomic E-state index is 14.2. The summed E-state index contributed by atoms with van der Waals surface area (Å²) in [6.07, 6.45) is -2.53. The maximum Gasteiger partial charge on any atom is 0.416 e. The highest BCUT2D eigenvalue weighted by Gasteiger charge is 2.53. The number of halogens is 5. The lowest BCUT2D eigenvalue weighted by molar-refractivity contribution is -0.157. The van der Waals surface area contributed by atoms with Crippen LogP contribution in [0.15, 0.2) is 30.3 Å². The van der Waals surface area contributed by atoms with Crippen LogP contribution in [0.5, 0.6) is 0 Å². The second-order valence-corrected chi connectivity index (χ2v) is 9.44. The Bertz CT molecular complexity index is 1130. The first-order valence-electron chi connectivity index (χ1n) is 11.4. The molecule has 1 amide bonds. The quantitative estimate of drug-likeness (QED) is 0.639. The Labute approximate surface area is 194 Å². The summed E-state index contributed by atoms with van der Waals surface area (Å²) in [6.45, 7) is 2.67. The van der Waals surface area contributed by atoms with Gasteiger partial charge in [-0.3, -0.25) is 4.79 Å². The van der Waals surface area contributed by atoms with Crippen molar-refractivity contribution in [1.29, 1.82) is 0 Å². The van der Waals surface area contributed by atoms with Gasteiger partial charge in [-0.1, -0.05) is 6.07 Å². The number of nitrogens with zero attached hydrogens (tertiary/aromatic N) is 1. The molecule has 0 bridgehead atoms. The number of piperidine rings is 1. The molecule has 1 spiro atoms. The molecule has 2 heterocycles. The number of aryl methyl sites for hydroxylation is 1. The minimum Gasteiger partial charge on any atom is -0.365 e. The second kappa shape index (κ2) is 8.30. The molecule has 9 heteroatoms. The lowest BCUT2D eigenvalue weighted by Gasteiger charge is -2.43. The molecule has 2 aromatic rings. The van der Waals surface area contributed by atoms with E-state index in [1.165, 1.54) is 6.07 Å². The molecule has 2 aromatic carbocycles. The second-order valence-electron chi connectivity index (χ2n) is 9.44. The summed E-state index contributed by atoms with van der Waals surface area (Å²) in [6, 6.07) is 5.75. The van der Waals surface area contributed by atoms with Gasteiger partial charge in [0.2, 0.25) is 5.91 Å². The van der Waals surface area contributed by atoms with Gasteiger partial charge in [0, 0.05) is 19.1 Å². The molecule has 1 aliphatic carbocycles. The molecule has 4 nitrogen and oxygen atoms in total. The van der Waals surface area contributed by atoms with Crippen LogP contribution >= 0.6 is 0 Å². The third kappa shape index (κ3) is 3.98. The Kier molecular flexibility index (Phi) is 5.67. The predicted molar refractivity (Wildman–Crippen MR) is 114 cm³/mol. The van der Waals surface area contributed by atoms with E-state index < -0.39 is 34.9 Å². The topological polar surface area (TPSA) is 41.6 Å². The zero-order valence-electron chi connectivity index (χ0n) is 18.6. The fourth-order valence-corrected chi connectivity index (χ4v) is 5.20. The highest BCUT2D eigenvalue weighted by atomic mass is 19.4. The van der Waals surface area contributed by atoms with E-state index in [0.29, 0.717) is 35.2 Å². The van der Waals surface area contributed by atoms with Crippen molar-refractivity contribution in [2.45, 2.75) is 57.2 Å². The SMILES string of the molecule is Cc1ccc(C(F)(F)F)cc1CN(C(=O)[C@H]1CNCCC12OCc1cc(F)c(F)cc12)C1CC1. The van der Waals surface area contributed by atoms with Gasteiger partial charge < -0.3 is 15.0 Å². The monoisotopic (exact) mass is 480 g/mol. The van der Waals surface area contributed by atoms with Crippen molar-refractivity contribution in [3.05, 3.63) is 69.8 Å². The first-order chi connectivity index (χ1) is 16.1. The summed E-state index contributed by atoms with van der Waals surface area (Å²) >= 11 is 0. The molecule has 182 valence electrons. The van der Waals surface area contributed by atoms with Crippen molar-refractivity contribution >= 4 is 5.91 Å². The number of hydrogen-bond acceptors (Lipinski definition) is 3. The van der Waals surface area contributed by atoms with E-state index in [2.05, 4.69) is 5.32 Å². The molecule has 2 fully saturated rings. The number of rotatable bonds is 4. The summed E-state index contributed by atoms with van der Waals surface area (Å²) in [7, 11) is 0. The average Bonchev–Trinajstić information content (AvgIpc) is 3.58. The van der Waals surface area contributed by atoms with Crippen LogP contribution in [0.4, 0.5) is 22.0 Å². The molecular weight excluding hydrogens is 455 g/mol. The highest BCUT2D eigenvalue weighted by Crippen LogP contribution is 2.48. The smallest absolute Gasteiger partial charge is 0.365 e. The van der Waals surface area contributed by atoms with E-state index in [9.17, 15) is 26.7 Å². The molecule has 1 unspecified atom stereocenters. The van der Waals surface area contributed by atoms with Gasteiger partial charge in [-0.2, -0.15) is 13.2 Å². The zero-order valence-corrected chi connectivity index (χ0v) is 18.6. The van der Waals surface area contributed by atoms with E-state index in [1.54, 1.807) is 11.8 Å². The lowest BCUT2D eigenvalue weighted by atomic mass is 9.75. The molecule has 1 saturated heterocycles. The first-order valence-corrected chi connectivity index (χ1v) is 11.4. The van der Waals surface area contributed by atoms with Crippen LogP contribution in [0.25, 0.3) is 0 Å². The number of hydrogen-bond donors (Lipinski definition) is 1. The van der Waals surface area contributed by atoms with E-state index in [1.807, 2.05) is 0 Å². The van der Waals surface area contributed by atoms with Crippen molar-refractivity contribution < 1.29 is 31.5 Å². The zero-order chi connectivity index (χ0) is 24.3. The van der Waals surface area contributed by atoms with Crippen molar-refractivity contribution in [2.24, 2.45) is 5.92 Å². The highest BCUT2D eigenvalue weighted by molar-refractivity contribution is 5.82. The maximum atomic E-state index is 14.2. The van der Waals surface area contributed by atoms with Gasteiger partial charge >= 0.3 is 6.18 Å². The largest absolute Gasteiger partial charge is 0.416 e. The molecule has 0 radical (unpaired) electrons. The van der Waals surface area contributed by atoms with Gasteiger partial charge in [0.05, 0.1) is 18.1 Å². The number of nitrogens with one attached hydrogen (secondary N) is 1. The van der Waals surface area contributed by atoms with E-state index in [-0.39, 0.29) is 31.6 Å². The predicted octanol–water partition coefficient (Wildman–Crippen LogP) is 4.82. The Morgan fingerprint density at radius 1 is 1.18 bits per heavy atom. The van der Waals surface area contributed by atoms with E-state index in [4.69, 9.17) is 4.74 Å². The molecule has 2 atom stereocenters. The van der Waals surface area contributed by atoms with Gasteiger partial charge in [-0.05, 0) is 79.3 Å². The Balaban J connectivity index is 1.49. The number of fused-ring (bicyclic) bond motifs is 2. The summed E-state index contributed by atoms with van der Waals surface area (Å²) in [5, 5.41) is 3.20. The van der Waals surface area contributed by atoms with Crippen LogP contribution in [0, 0.1) is 24.5 Å².